The molecule has 32 heavy (non-hydrogen) atoms. The number of hydrogen-bond donors (Lipinski definition) is 1. The molecule has 3 aromatic rings. The molecule has 3 aromatic carbocycles. The fraction of sp³-hybridized carbons (Fsp3) is 0.120. The molecule has 0 aliphatic heterocycles. The Balaban J connectivity index is 1.68. The van der Waals surface area contributed by atoms with E-state index in [1.165, 1.54) is 0 Å². The minimum atomic E-state index is -0.432. The van der Waals surface area contributed by atoms with E-state index in [0.717, 1.165) is 30.5 Å². The Morgan fingerprint density at radius 2 is 1.84 bits per heavy atom. The summed E-state index contributed by atoms with van der Waals surface area (Å²) in [6.45, 7) is 0.761. The van der Waals surface area contributed by atoms with E-state index in [2.05, 4.69) is 43.8 Å². The van der Waals surface area contributed by atoms with Crippen molar-refractivity contribution in [3.63, 3.8) is 0 Å². The molecular weight excluding hydrogens is 583 g/mol. The van der Waals surface area contributed by atoms with Crippen LogP contribution < -0.4 is 14.8 Å². The first kappa shape index (κ1) is 23.8. The van der Waals surface area contributed by atoms with Gasteiger partial charge in [0, 0.05) is 6.54 Å². The number of methoxy groups -OCH3 is 1. The summed E-state index contributed by atoms with van der Waals surface area (Å²) in [5.41, 5.74) is 2.73. The lowest BCUT2D eigenvalue weighted by atomic mass is 10.1. The molecule has 1 N–H and O–H groups in total. The van der Waals surface area contributed by atoms with Crippen LogP contribution in [0.1, 0.15) is 16.7 Å². The lowest BCUT2D eigenvalue weighted by Crippen LogP contribution is -2.23. The molecule has 7 heteroatoms. The molecule has 0 aliphatic carbocycles. The van der Waals surface area contributed by atoms with Crippen molar-refractivity contribution < 1.29 is 14.3 Å². The summed E-state index contributed by atoms with van der Waals surface area (Å²) < 4.78 is 12.7. The van der Waals surface area contributed by atoms with Crippen LogP contribution in [0.2, 0.25) is 0 Å². The molecule has 0 saturated carbocycles. The van der Waals surface area contributed by atoms with E-state index in [0.29, 0.717) is 18.9 Å². The van der Waals surface area contributed by atoms with Gasteiger partial charge in [0.2, 0.25) is 0 Å². The lowest BCUT2D eigenvalue weighted by molar-refractivity contribution is -0.117. The number of ether oxygens (including phenoxy) is 2. The molecule has 0 aliphatic rings. The molecule has 1 amide bonds. The molecule has 0 unspecified atom stereocenters. The molecule has 0 spiro atoms. The molecule has 5 nitrogen and oxygen atoms in total. The summed E-state index contributed by atoms with van der Waals surface area (Å²) in [7, 11) is 1.60. The average Bonchev–Trinajstić information content (AvgIpc) is 2.81. The monoisotopic (exact) mass is 602 g/mol. The minimum absolute atomic E-state index is 0.0270. The van der Waals surface area contributed by atoms with Gasteiger partial charge in [-0.3, -0.25) is 4.79 Å². The summed E-state index contributed by atoms with van der Waals surface area (Å²) >= 11 is 5.72. The SMILES string of the molecule is COc1ccc(CNC(=O)/C(C#N)=C\c2cc(Br)c(OCc3ccccc3)c(I)c2)cc1. The molecule has 0 atom stereocenters. The van der Waals surface area contributed by atoms with Gasteiger partial charge in [-0.2, -0.15) is 5.26 Å². The third kappa shape index (κ3) is 6.58. The van der Waals surface area contributed by atoms with Crippen molar-refractivity contribution in [3.05, 3.63) is 97.0 Å². The molecule has 0 bridgehead atoms. The number of nitrogens with zero attached hydrogens (tertiary/aromatic N) is 1. The van der Waals surface area contributed by atoms with Crippen molar-refractivity contribution in [2.75, 3.05) is 7.11 Å². The molecule has 0 fully saturated rings. The highest BCUT2D eigenvalue weighted by molar-refractivity contribution is 14.1. The van der Waals surface area contributed by atoms with Gasteiger partial charge in [0.1, 0.15) is 29.7 Å². The number of benzene rings is 3. The number of nitriles is 1. The Hall–Kier alpha value is -2.83. The largest absolute Gasteiger partial charge is 0.497 e. The Bertz CT molecular complexity index is 1130. The fourth-order valence-electron chi connectivity index (χ4n) is 2.87. The van der Waals surface area contributed by atoms with Crippen molar-refractivity contribution in [3.8, 4) is 17.6 Å². The second kappa shape index (κ2) is 11.7. The van der Waals surface area contributed by atoms with Crippen molar-refractivity contribution >= 4 is 50.5 Å². The Morgan fingerprint density at radius 1 is 1.12 bits per heavy atom. The van der Waals surface area contributed by atoms with Crippen LogP contribution in [0.3, 0.4) is 0 Å². The number of carbonyl (C=O) groups excluding carboxylic acids is 1. The van der Waals surface area contributed by atoms with Crippen LogP contribution in [-0.4, -0.2) is 13.0 Å². The van der Waals surface area contributed by atoms with Crippen molar-refractivity contribution in [2.24, 2.45) is 0 Å². The van der Waals surface area contributed by atoms with Crippen LogP contribution in [-0.2, 0) is 17.9 Å². The Morgan fingerprint density at radius 3 is 2.47 bits per heavy atom. The number of nitrogens with one attached hydrogen (secondary N) is 1. The molecule has 3 rings (SSSR count). The number of carbonyl (C=O) groups is 1. The van der Waals surface area contributed by atoms with E-state index < -0.39 is 5.91 Å². The van der Waals surface area contributed by atoms with Crippen LogP contribution >= 0.6 is 38.5 Å². The van der Waals surface area contributed by atoms with Crippen molar-refractivity contribution in [1.82, 2.24) is 5.32 Å². The zero-order valence-electron chi connectivity index (χ0n) is 17.3. The average molecular weight is 603 g/mol. The topological polar surface area (TPSA) is 71.3 Å². The normalized spacial score (nSPS) is 10.9. The number of halogens is 2. The van der Waals surface area contributed by atoms with Crippen LogP contribution in [0.4, 0.5) is 0 Å². The van der Waals surface area contributed by atoms with Gasteiger partial charge in [-0.1, -0.05) is 42.5 Å². The summed E-state index contributed by atoms with van der Waals surface area (Å²) in [5, 5.41) is 12.3. The number of rotatable bonds is 8. The Kier molecular flexibility index (Phi) is 8.71. The quantitative estimate of drug-likeness (QED) is 0.199. The standard InChI is InChI=1S/C25H20BrIN2O3/c1-31-21-9-7-17(8-10-21)15-29-25(30)20(14-28)11-19-12-22(26)24(23(27)13-19)32-16-18-5-3-2-4-6-18/h2-13H,15-16H2,1H3,(H,29,30)/b20-11-. The van der Waals surface area contributed by atoms with Gasteiger partial charge in [-0.15, -0.1) is 0 Å². The number of amides is 1. The van der Waals surface area contributed by atoms with E-state index in [1.807, 2.05) is 72.8 Å². The van der Waals surface area contributed by atoms with Gasteiger partial charge in [0.15, 0.2) is 0 Å². The molecular formula is C25H20BrIN2O3. The highest BCUT2D eigenvalue weighted by atomic mass is 127. The molecule has 0 aromatic heterocycles. The molecule has 0 saturated heterocycles. The van der Waals surface area contributed by atoms with Gasteiger partial charge < -0.3 is 14.8 Å². The Labute approximate surface area is 209 Å². The fourth-order valence-corrected chi connectivity index (χ4v) is 4.64. The van der Waals surface area contributed by atoms with Crippen LogP contribution in [0.25, 0.3) is 6.08 Å². The zero-order valence-corrected chi connectivity index (χ0v) is 21.0. The van der Waals surface area contributed by atoms with Gasteiger partial charge in [-0.25, -0.2) is 0 Å². The van der Waals surface area contributed by atoms with Gasteiger partial charge in [-0.05, 0) is 85.6 Å². The first-order valence-electron chi connectivity index (χ1n) is 9.69. The zero-order chi connectivity index (χ0) is 22.9. The molecule has 162 valence electrons. The summed E-state index contributed by atoms with van der Waals surface area (Å²) in [6.07, 6.45) is 1.57. The third-order valence-electron chi connectivity index (χ3n) is 4.53. The van der Waals surface area contributed by atoms with Crippen molar-refractivity contribution in [1.29, 1.82) is 5.26 Å². The summed E-state index contributed by atoms with van der Waals surface area (Å²) in [6, 6.07) is 23.0. The smallest absolute Gasteiger partial charge is 0.262 e. The predicted molar refractivity (Wildman–Crippen MR) is 136 cm³/mol. The van der Waals surface area contributed by atoms with Gasteiger partial charge >= 0.3 is 0 Å². The molecule has 0 radical (unpaired) electrons. The van der Waals surface area contributed by atoms with E-state index >= 15 is 0 Å². The summed E-state index contributed by atoms with van der Waals surface area (Å²) in [4.78, 5) is 12.5. The van der Waals surface area contributed by atoms with E-state index in [1.54, 1.807) is 13.2 Å². The van der Waals surface area contributed by atoms with E-state index in [4.69, 9.17) is 9.47 Å². The van der Waals surface area contributed by atoms with Crippen LogP contribution in [0, 0.1) is 14.9 Å². The van der Waals surface area contributed by atoms with Crippen LogP contribution in [0.15, 0.2) is 76.8 Å². The third-order valence-corrected chi connectivity index (χ3v) is 5.93. The highest BCUT2D eigenvalue weighted by Crippen LogP contribution is 2.33. The molecule has 0 heterocycles. The van der Waals surface area contributed by atoms with Gasteiger partial charge in [0.25, 0.3) is 5.91 Å². The lowest BCUT2D eigenvalue weighted by Gasteiger charge is -2.12. The maximum absolute atomic E-state index is 12.5. The predicted octanol–water partition coefficient (Wildman–Crippen LogP) is 5.86. The van der Waals surface area contributed by atoms with E-state index in [-0.39, 0.29) is 5.57 Å². The maximum Gasteiger partial charge on any atom is 0.262 e. The second-order valence-corrected chi connectivity index (χ2v) is 8.81. The second-order valence-electron chi connectivity index (χ2n) is 6.79. The highest BCUT2D eigenvalue weighted by Gasteiger charge is 2.12. The van der Waals surface area contributed by atoms with Crippen LogP contribution in [0.5, 0.6) is 11.5 Å². The van der Waals surface area contributed by atoms with E-state index in [9.17, 15) is 10.1 Å². The first-order valence-corrected chi connectivity index (χ1v) is 11.6. The maximum atomic E-state index is 12.5. The van der Waals surface area contributed by atoms with Crippen molar-refractivity contribution in [2.45, 2.75) is 13.2 Å². The summed E-state index contributed by atoms with van der Waals surface area (Å²) in [5.74, 6) is 1.03. The first-order chi connectivity index (χ1) is 15.5. The van der Waals surface area contributed by atoms with Gasteiger partial charge in [0.05, 0.1) is 15.2 Å². The minimum Gasteiger partial charge on any atom is -0.497 e. The number of hydrogen-bond acceptors (Lipinski definition) is 4.